The Hall–Kier alpha value is -3.61. The molecule has 3 aromatic rings. The molecule has 10 heteroatoms. The first-order valence-corrected chi connectivity index (χ1v) is 9.87. The van der Waals surface area contributed by atoms with E-state index in [0.29, 0.717) is 39.6 Å². The van der Waals surface area contributed by atoms with Gasteiger partial charge in [0.15, 0.2) is 11.6 Å². The fraction of sp³-hybridized carbons (Fsp3) is 0.381. The van der Waals surface area contributed by atoms with Gasteiger partial charge >= 0.3 is 0 Å². The van der Waals surface area contributed by atoms with E-state index in [1.165, 1.54) is 17.1 Å². The number of carbonyl (C=O) groups excluding carboxylic acids is 1. The number of aromatic nitrogens is 5. The van der Waals surface area contributed by atoms with Crippen LogP contribution in [0.2, 0.25) is 0 Å². The molecular weight excluding hydrogens is 404 g/mol. The van der Waals surface area contributed by atoms with Gasteiger partial charge in [-0.05, 0) is 18.4 Å². The fourth-order valence-electron chi connectivity index (χ4n) is 3.21. The average molecular weight is 425 g/mol. The van der Waals surface area contributed by atoms with Crippen LogP contribution >= 0.6 is 0 Å². The Kier molecular flexibility index (Phi) is 5.75. The second kappa shape index (κ2) is 8.63. The summed E-state index contributed by atoms with van der Waals surface area (Å²) in [4.78, 5) is 16.6. The minimum atomic E-state index is -0.955. The van der Waals surface area contributed by atoms with Crippen molar-refractivity contribution in [2.75, 3.05) is 31.0 Å². The second-order valence-corrected chi connectivity index (χ2v) is 7.49. The predicted molar refractivity (Wildman–Crippen MR) is 112 cm³/mol. The summed E-state index contributed by atoms with van der Waals surface area (Å²) in [5.41, 5.74) is 1.59. The summed E-state index contributed by atoms with van der Waals surface area (Å²) in [6, 6.07) is 0.759. The van der Waals surface area contributed by atoms with Crippen LogP contribution in [0, 0.1) is 23.7 Å². The molecule has 1 amide bonds. The Morgan fingerprint density at radius 3 is 2.74 bits per heavy atom. The molecule has 31 heavy (non-hydrogen) atoms. The number of amides is 1. The highest BCUT2D eigenvalue weighted by atomic mass is 19.1. The van der Waals surface area contributed by atoms with E-state index in [2.05, 4.69) is 42.8 Å². The number of halogens is 2. The van der Waals surface area contributed by atoms with E-state index in [1.807, 2.05) is 6.92 Å². The third-order valence-corrected chi connectivity index (χ3v) is 5.24. The number of anilines is 2. The summed E-state index contributed by atoms with van der Waals surface area (Å²) in [7, 11) is 1.72. The van der Waals surface area contributed by atoms with Crippen LogP contribution in [-0.4, -0.2) is 51.3 Å². The van der Waals surface area contributed by atoms with Crippen LogP contribution < -0.4 is 10.6 Å². The van der Waals surface area contributed by atoms with E-state index in [-0.39, 0.29) is 11.8 Å². The van der Waals surface area contributed by atoms with Crippen LogP contribution in [0.1, 0.15) is 30.5 Å². The lowest BCUT2D eigenvalue weighted by Gasteiger charge is -2.08. The Morgan fingerprint density at radius 1 is 1.29 bits per heavy atom. The first-order valence-electron chi connectivity index (χ1n) is 9.87. The van der Waals surface area contributed by atoms with Crippen LogP contribution in [-0.2, 0) is 4.79 Å². The van der Waals surface area contributed by atoms with Gasteiger partial charge in [-0.3, -0.25) is 9.48 Å². The molecule has 3 aromatic heterocycles. The van der Waals surface area contributed by atoms with Crippen LogP contribution in [0.5, 0.6) is 0 Å². The van der Waals surface area contributed by atoms with E-state index in [1.54, 1.807) is 19.3 Å². The summed E-state index contributed by atoms with van der Waals surface area (Å²) >= 11 is 0. The van der Waals surface area contributed by atoms with Crippen molar-refractivity contribution in [2.45, 2.75) is 19.4 Å². The molecule has 3 heterocycles. The molecular formula is C21H21F2N7O. The smallest absolute Gasteiger partial charge is 0.228 e. The zero-order valence-corrected chi connectivity index (χ0v) is 17.1. The third kappa shape index (κ3) is 4.30. The summed E-state index contributed by atoms with van der Waals surface area (Å²) in [5.74, 6) is 7.13. The number of nitrogens with one attached hydrogen (secondary N) is 2. The number of alkyl halides is 2. The number of pyridine rings is 1. The molecule has 0 radical (unpaired) electrons. The SMILES string of the molecule is CNc1ncc(C#Cc2cnn(C(CF)CF)c2)c2cc(NC(=O)[C@H]3C[C@H]3C)nnc12. The summed E-state index contributed by atoms with van der Waals surface area (Å²) < 4.78 is 26.9. The molecule has 1 fully saturated rings. The van der Waals surface area contributed by atoms with E-state index < -0.39 is 19.4 Å². The molecule has 1 aliphatic carbocycles. The highest BCUT2D eigenvalue weighted by Crippen LogP contribution is 2.38. The normalized spacial score (nSPS) is 17.3. The maximum Gasteiger partial charge on any atom is 0.228 e. The lowest BCUT2D eigenvalue weighted by molar-refractivity contribution is -0.117. The van der Waals surface area contributed by atoms with Gasteiger partial charge in [0.1, 0.15) is 24.9 Å². The fourth-order valence-corrected chi connectivity index (χ4v) is 3.21. The number of hydrogen-bond donors (Lipinski definition) is 2. The maximum absolute atomic E-state index is 12.9. The molecule has 0 saturated heterocycles. The Bertz CT molecular complexity index is 1180. The number of rotatable bonds is 6. The van der Waals surface area contributed by atoms with E-state index in [4.69, 9.17) is 0 Å². The lowest BCUT2D eigenvalue weighted by Crippen LogP contribution is -2.16. The minimum Gasteiger partial charge on any atom is -0.371 e. The summed E-state index contributed by atoms with van der Waals surface area (Å²) in [6.07, 6.45) is 5.41. The van der Waals surface area contributed by atoms with Crippen molar-refractivity contribution < 1.29 is 13.6 Å². The van der Waals surface area contributed by atoms with Gasteiger partial charge in [-0.25, -0.2) is 13.8 Å². The van der Waals surface area contributed by atoms with Crippen LogP contribution in [0.25, 0.3) is 10.9 Å². The highest BCUT2D eigenvalue weighted by molar-refractivity contribution is 5.97. The van der Waals surface area contributed by atoms with Gasteiger partial charge in [0.2, 0.25) is 5.91 Å². The molecule has 1 saturated carbocycles. The molecule has 4 rings (SSSR count). The molecule has 2 N–H and O–H groups in total. The van der Waals surface area contributed by atoms with Crippen molar-refractivity contribution in [3.05, 3.63) is 35.8 Å². The van der Waals surface area contributed by atoms with Crippen molar-refractivity contribution in [2.24, 2.45) is 11.8 Å². The molecule has 0 unspecified atom stereocenters. The van der Waals surface area contributed by atoms with Gasteiger partial charge < -0.3 is 10.6 Å². The quantitative estimate of drug-likeness (QED) is 0.590. The first-order chi connectivity index (χ1) is 15.0. The van der Waals surface area contributed by atoms with Crippen LogP contribution in [0.3, 0.4) is 0 Å². The zero-order valence-electron chi connectivity index (χ0n) is 17.1. The van der Waals surface area contributed by atoms with E-state index >= 15 is 0 Å². The van der Waals surface area contributed by atoms with E-state index in [0.717, 1.165) is 6.42 Å². The topological polar surface area (TPSA) is 97.6 Å². The number of fused-ring (bicyclic) bond motifs is 1. The summed E-state index contributed by atoms with van der Waals surface area (Å²) in [6.45, 7) is 0.330. The average Bonchev–Trinajstić information content (AvgIpc) is 3.34. The second-order valence-electron chi connectivity index (χ2n) is 7.49. The van der Waals surface area contributed by atoms with Crippen molar-refractivity contribution >= 4 is 28.4 Å². The predicted octanol–water partition coefficient (Wildman–Crippen LogP) is 2.74. The van der Waals surface area contributed by atoms with E-state index in [9.17, 15) is 13.6 Å². The number of hydrogen-bond acceptors (Lipinski definition) is 6. The van der Waals surface area contributed by atoms with Gasteiger partial charge in [0.25, 0.3) is 0 Å². The highest BCUT2D eigenvalue weighted by Gasteiger charge is 2.39. The van der Waals surface area contributed by atoms with Crippen molar-refractivity contribution in [3.8, 4) is 11.8 Å². The Balaban J connectivity index is 1.66. The minimum absolute atomic E-state index is 0.0103. The Morgan fingerprint density at radius 2 is 2.06 bits per heavy atom. The van der Waals surface area contributed by atoms with Crippen molar-refractivity contribution in [3.63, 3.8) is 0 Å². The summed E-state index contributed by atoms with van der Waals surface area (Å²) in [5, 5.41) is 18.7. The number of nitrogens with zero attached hydrogens (tertiary/aromatic N) is 5. The molecule has 0 bridgehead atoms. The molecule has 160 valence electrons. The third-order valence-electron chi connectivity index (χ3n) is 5.24. The monoisotopic (exact) mass is 425 g/mol. The molecule has 1 aliphatic rings. The van der Waals surface area contributed by atoms with Gasteiger partial charge in [-0.2, -0.15) is 5.10 Å². The zero-order chi connectivity index (χ0) is 22.0. The van der Waals surface area contributed by atoms with Gasteiger partial charge in [0.05, 0.1) is 17.3 Å². The Labute approximate surface area is 177 Å². The van der Waals surface area contributed by atoms with Gasteiger partial charge in [-0.15, -0.1) is 10.2 Å². The standard InChI is InChI=1S/C21H21F2N7O/c1-12-5-16(12)21(31)27-18-6-17-14(10-25-20(24-2)19(17)29-28-18)4-3-13-9-26-30(11-13)15(7-22)8-23/h6,9-12,15-16H,5,7-8H2,1-2H3,(H,24,25)(H,27,28,31)/t12-,16+/m1/s1. The molecule has 2 atom stereocenters. The molecule has 8 nitrogen and oxygen atoms in total. The number of carbonyl (C=O) groups is 1. The van der Waals surface area contributed by atoms with Crippen LogP contribution in [0.15, 0.2) is 24.7 Å². The van der Waals surface area contributed by atoms with Gasteiger partial charge in [-0.1, -0.05) is 18.8 Å². The molecule has 0 aliphatic heterocycles. The van der Waals surface area contributed by atoms with Crippen molar-refractivity contribution in [1.82, 2.24) is 25.0 Å². The lowest BCUT2D eigenvalue weighted by atomic mass is 10.1. The van der Waals surface area contributed by atoms with Gasteiger partial charge in [0, 0.05) is 30.7 Å². The largest absolute Gasteiger partial charge is 0.371 e. The maximum atomic E-state index is 12.9. The molecule has 0 spiro atoms. The molecule has 0 aromatic carbocycles. The first kappa shape index (κ1) is 20.7. The van der Waals surface area contributed by atoms with Crippen LogP contribution in [0.4, 0.5) is 20.4 Å². The van der Waals surface area contributed by atoms with Crippen molar-refractivity contribution in [1.29, 1.82) is 0 Å².